The highest BCUT2D eigenvalue weighted by Gasteiger charge is 2.15. The lowest BCUT2D eigenvalue weighted by Gasteiger charge is -2.13. The number of hydrogen-bond acceptors (Lipinski definition) is 2. The molecule has 0 atom stereocenters. The Morgan fingerprint density at radius 1 is 1.25 bits per heavy atom. The number of thiophene rings is 1. The molecule has 0 spiro atoms. The SMILES string of the molecule is CCCC(CCC)CC(=O)c1ccc(C)s1. The summed E-state index contributed by atoms with van der Waals surface area (Å²) in [5.41, 5.74) is 0. The summed E-state index contributed by atoms with van der Waals surface area (Å²) in [5.74, 6) is 0.926. The van der Waals surface area contributed by atoms with Crippen LogP contribution in [0, 0.1) is 12.8 Å². The van der Waals surface area contributed by atoms with Gasteiger partial charge in [0.1, 0.15) is 0 Å². The maximum absolute atomic E-state index is 12.0. The fourth-order valence-corrected chi connectivity index (χ4v) is 2.93. The molecular weight excluding hydrogens is 216 g/mol. The van der Waals surface area contributed by atoms with Gasteiger partial charge in [0, 0.05) is 11.3 Å². The molecule has 0 saturated carbocycles. The summed E-state index contributed by atoms with van der Waals surface area (Å²) >= 11 is 1.62. The molecule has 0 aromatic carbocycles. The molecule has 1 aromatic rings. The van der Waals surface area contributed by atoms with E-state index in [1.807, 2.05) is 12.1 Å². The van der Waals surface area contributed by atoms with Crippen LogP contribution in [0.25, 0.3) is 0 Å². The summed E-state index contributed by atoms with van der Waals surface area (Å²) in [6, 6.07) is 4.00. The van der Waals surface area contributed by atoms with Crippen molar-refractivity contribution in [2.75, 3.05) is 0 Å². The first-order chi connectivity index (χ1) is 7.67. The molecule has 1 rings (SSSR count). The Morgan fingerprint density at radius 3 is 2.31 bits per heavy atom. The van der Waals surface area contributed by atoms with Gasteiger partial charge in [-0.3, -0.25) is 4.79 Å². The van der Waals surface area contributed by atoms with Crippen LogP contribution in [0.2, 0.25) is 0 Å². The first-order valence-corrected chi connectivity index (χ1v) is 7.08. The van der Waals surface area contributed by atoms with E-state index in [-0.39, 0.29) is 0 Å². The second kappa shape index (κ2) is 6.85. The molecule has 1 nitrogen and oxygen atoms in total. The number of ketones is 1. The van der Waals surface area contributed by atoms with Gasteiger partial charge in [-0.25, -0.2) is 0 Å². The lowest BCUT2D eigenvalue weighted by Crippen LogP contribution is -2.07. The third-order valence-corrected chi connectivity index (χ3v) is 3.92. The molecule has 0 bridgehead atoms. The van der Waals surface area contributed by atoms with E-state index in [1.165, 1.54) is 30.6 Å². The lowest BCUT2D eigenvalue weighted by molar-refractivity contribution is 0.0960. The highest BCUT2D eigenvalue weighted by atomic mass is 32.1. The summed E-state index contributed by atoms with van der Waals surface area (Å²) in [6.45, 7) is 6.45. The Bertz CT molecular complexity index is 321. The van der Waals surface area contributed by atoms with Gasteiger partial charge in [0.2, 0.25) is 0 Å². The average molecular weight is 238 g/mol. The largest absolute Gasteiger partial charge is 0.293 e. The number of Topliss-reactive ketones (excluding diaryl/α,β-unsaturated/α-hetero) is 1. The predicted molar refractivity (Wildman–Crippen MR) is 71.3 cm³/mol. The quantitative estimate of drug-likeness (QED) is 0.621. The number of carbonyl (C=O) groups excluding carboxylic acids is 1. The molecule has 0 radical (unpaired) electrons. The molecule has 0 saturated heterocycles. The van der Waals surface area contributed by atoms with Gasteiger partial charge in [0.25, 0.3) is 0 Å². The van der Waals surface area contributed by atoms with Crippen molar-refractivity contribution < 1.29 is 4.79 Å². The number of rotatable bonds is 7. The Balaban J connectivity index is 2.54. The van der Waals surface area contributed by atoms with Gasteiger partial charge >= 0.3 is 0 Å². The van der Waals surface area contributed by atoms with Gasteiger partial charge in [-0.1, -0.05) is 39.5 Å². The molecule has 0 fully saturated rings. The molecular formula is C14H22OS. The monoisotopic (exact) mass is 238 g/mol. The summed E-state index contributed by atoms with van der Waals surface area (Å²) in [6.07, 6.45) is 5.47. The highest BCUT2D eigenvalue weighted by molar-refractivity contribution is 7.14. The van der Waals surface area contributed by atoms with Crippen molar-refractivity contribution in [1.82, 2.24) is 0 Å². The van der Waals surface area contributed by atoms with Gasteiger partial charge in [-0.15, -0.1) is 11.3 Å². The normalized spacial score (nSPS) is 11.0. The topological polar surface area (TPSA) is 17.1 Å². The van der Waals surface area contributed by atoms with Crippen molar-refractivity contribution in [2.24, 2.45) is 5.92 Å². The van der Waals surface area contributed by atoms with Crippen molar-refractivity contribution in [1.29, 1.82) is 0 Å². The van der Waals surface area contributed by atoms with E-state index < -0.39 is 0 Å². The van der Waals surface area contributed by atoms with E-state index in [2.05, 4.69) is 20.8 Å². The van der Waals surface area contributed by atoms with Crippen LogP contribution in [0.5, 0.6) is 0 Å². The molecule has 0 unspecified atom stereocenters. The second-order valence-electron chi connectivity index (χ2n) is 4.48. The molecule has 1 aromatic heterocycles. The molecule has 0 aliphatic carbocycles. The number of carbonyl (C=O) groups is 1. The van der Waals surface area contributed by atoms with Crippen LogP contribution in [0.1, 0.15) is 60.5 Å². The smallest absolute Gasteiger partial charge is 0.173 e. The summed E-state index contributed by atoms with van der Waals surface area (Å²) in [7, 11) is 0. The van der Waals surface area contributed by atoms with Crippen molar-refractivity contribution >= 4 is 17.1 Å². The lowest BCUT2D eigenvalue weighted by atomic mass is 9.92. The fraction of sp³-hybridized carbons (Fsp3) is 0.643. The first kappa shape index (κ1) is 13.4. The minimum Gasteiger partial charge on any atom is -0.293 e. The van der Waals surface area contributed by atoms with Gasteiger partial charge < -0.3 is 0 Å². The van der Waals surface area contributed by atoms with Crippen molar-refractivity contribution in [3.63, 3.8) is 0 Å². The van der Waals surface area contributed by atoms with Crippen LogP contribution in [-0.4, -0.2) is 5.78 Å². The Kier molecular flexibility index (Phi) is 5.75. The zero-order valence-corrected chi connectivity index (χ0v) is 11.4. The summed E-state index contributed by atoms with van der Waals surface area (Å²) in [5, 5.41) is 0. The summed E-state index contributed by atoms with van der Waals surface area (Å²) < 4.78 is 0. The van der Waals surface area contributed by atoms with Crippen LogP contribution in [-0.2, 0) is 0 Å². The van der Waals surface area contributed by atoms with Gasteiger partial charge in [-0.05, 0) is 25.0 Å². The molecule has 0 aliphatic heterocycles. The van der Waals surface area contributed by atoms with E-state index in [0.29, 0.717) is 11.7 Å². The van der Waals surface area contributed by atoms with Crippen LogP contribution in [0.4, 0.5) is 0 Å². The van der Waals surface area contributed by atoms with Gasteiger partial charge in [-0.2, -0.15) is 0 Å². The molecule has 16 heavy (non-hydrogen) atoms. The van der Waals surface area contributed by atoms with Crippen LogP contribution in [0.3, 0.4) is 0 Å². The Morgan fingerprint density at radius 2 is 1.88 bits per heavy atom. The highest BCUT2D eigenvalue weighted by Crippen LogP contribution is 2.23. The first-order valence-electron chi connectivity index (χ1n) is 6.27. The average Bonchev–Trinajstić information content (AvgIpc) is 2.65. The summed E-state index contributed by atoms with van der Waals surface area (Å²) in [4.78, 5) is 14.2. The zero-order chi connectivity index (χ0) is 12.0. The van der Waals surface area contributed by atoms with Crippen molar-refractivity contribution in [3.8, 4) is 0 Å². The predicted octanol–water partition coefficient (Wildman–Crippen LogP) is 4.85. The van der Waals surface area contributed by atoms with Gasteiger partial charge in [0.05, 0.1) is 4.88 Å². The minimum atomic E-state index is 0.338. The third kappa shape index (κ3) is 4.09. The third-order valence-electron chi connectivity index (χ3n) is 2.88. The molecule has 0 amide bonds. The minimum absolute atomic E-state index is 0.338. The van der Waals surface area contributed by atoms with Crippen molar-refractivity contribution in [3.05, 3.63) is 21.9 Å². The van der Waals surface area contributed by atoms with E-state index >= 15 is 0 Å². The van der Waals surface area contributed by atoms with Crippen LogP contribution in [0.15, 0.2) is 12.1 Å². The molecule has 0 N–H and O–H groups in total. The number of aryl methyl sites for hydroxylation is 1. The van der Waals surface area contributed by atoms with Crippen LogP contribution >= 0.6 is 11.3 Å². The van der Waals surface area contributed by atoms with E-state index in [9.17, 15) is 4.79 Å². The second-order valence-corrected chi connectivity index (χ2v) is 5.77. The fourth-order valence-electron chi connectivity index (χ4n) is 2.11. The molecule has 1 heterocycles. The Labute approximate surface area is 103 Å². The van der Waals surface area contributed by atoms with Crippen LogP contribution < -0.4 is 0 Å². The standard InChI is InChI=1S/C14H22OS/c1-4-6-12(7-5-2)10-13(15)14-9-8-11(3)16-14/h8-9,12H,4-7,10H2,1-3H3. The van der Waals surface area contributed by atoms with E-state index in [1.54, 1.807) is 11.3 Å². The molecule has 90 valence electrons. The Hall–Kier alpha value is -0.630. The van der Waals surface area contributed by atoms with E-state index in [0.717, 1.165) is 11.3 Å². The van der Waals surface area contributed by atoms with Crippen molar-refractivity contribution in [2.45, 2.75) is 52.9 Å². The zero-order valence-electron chi connectivity index (χ0n) is 10.6. The number of hydrogen-bond donors (Lipinski definition) is 0. The molecule has 2 heteroatoms. The maximum atomic E-state index is 12.0. The maximum Gasteiger partial charge on any atom is 0.173 e. The van der Waals surface area contributed by atoms with Gasteiger partial charge in [0.15, 0.2) is 5.78 Å². The van der Waals surface area contributed by atoms with E-state index in [4.69, 9.17) is 0 Å². The molecule has 0 aliphatic rings.